The van der Waals surface area contributed by atoms with E-state index in [1.54, 1.807) is 13.2 Å². The van der Waals surface area contributed by atoms with Crippen LogP contribution >= 0.6 is 0 Å². The molecule has 4 aliphatic rings. The van der Waals surface area contributed by atoms with Gasteiger partial charge in [0.05, 0.1) is 7.11 Å². The molecule has 1 aliphatic heterocycles. The Kier molecular flexibility index (Phi) is 7.76. The minimum absolute atomic E-state index is 0.145. The van der Waals surface area contributed by atoms with Crippen molar-refractivity contribution in [2.45, 2.75) is 104 Å². The van der Waals surface area contributed by atoms with E-state index in [4.69, 9.17) is 9.47 Å². The van der Waals surface area contributed by atoms with Crippen LogP contribution in [0.25, 0.3) is 0 Å². The van der Waals surface area contributed by atoms with Crippen molar-refractivity contribution in [2.75, 3.05) is 7.11 Å². The van der Waals surface area contributed by atoms with Crippen LogP contribution in [0.2, 0.25) is 0 Å². The molecule has 3 aliphatic carbocycles. The van der Waals surface area contributed by atoms with Gasteiger partial charge in [-0.3, -0.25) is 9.59 Å². The van der Waals surface area contributed by atoms with Crippen molar-refractivity contribution in [3.63, 3.8) is 0 Å². The highest BCUT2D eigenvalue weighted by Gasteiger charge is 2.50. The van der Waals surface area contributed by atoms with E-state index in [2.05, 4.69) is 32.6 Å². The molecule has 6 heteroatoms. The number of hydrogen-bond donors (Lipinski definition) is 0. The molecule has 1 fully saturated rings. The van der Waals surface area contributed by atoms with Crippen molar-refractivity contribution in [1.29, 1.82) is 0 Å². The van der Waals surface area contributed by atoms with Gasteiger partial charge in [0, 0.05) is 47.3 Å². The number of nitrogens with zero attached hydrogens (tertiary/aromatic N) is 1. The van der Waals surface area contributed by atoms with Gasteiger partial charge in [0.25, 0.3) is 0 Å². The summed E-state index contributed by atoms with van der Waals surface area (Å²) in [7, 11) is 1.60. The van der Waals surface area contributed by atoms with Gasteiger partial charge in [-0.1, -0.05) is 65.2 Å². The lowest BCUT2D eigenvalue weighted by Crippen LogP contribution is -2.48. The zero-order valence-corrected chi connectivity index (χ0v) is 26.2. The standard InChI is InChI=1S/C37H44FNO4/c1-36(2)18-27-34(29(40)20-36)33(24-14-15-31(32(17-24)42-5)43-22-23-10-9-11-25(38)16-23)35-28(19-37(3,4)21-30(35)41)39(27)26-12-7-6-8-13-26/h9-11,14-17,26,33H,6-8,12-13,18-22H2,1-5H3. The van der Waals surface area contributed by atoms with Crippen LogP contribution in [0.4, 0.5) is 4.39 Å². The van der Waals surface area contributed by atoms with Gasteiger partial charge in [0.15, 0.2) is 23.1 Å². The topological polar surface area (TPSA) is 55.8 Å². The number of halogens is 1. The van der Waals surface area contributed by atoms with E-state index in [1.807, 2.05) is 24.3 Å². The Morgan fingerprint density at radius 3 is 2.02 bits per heavy atom. The molecule has 0 amide bonds. The number of rotatable bonds is 6. The summed E-state index contributed by atoms with van der Waals surface area (Å²) in [5.41, 5.74) is 5.16. The predicted octanol–water partition coefficient (Wildman–Crippen LogP) is 8.43. The third kappa shape index (κ3) is 5.77. The van der Waals surface area contributed by atoms with Gasteiger partial charge in [-0.15, -0.1) is 0 Å². The minimum atomic E-state index is -0.428. The molecule has 0 N–H and O–H groups in total. The molecule has 2 aromatic rings. The number of hydrogen-bond acceptors (Lipinski definition) is 5. The first-order chi connectivity index (χ1) is 20.5. The van der Waals surface area contributed by atoms with Gasteiger partial charge in [0.2, 0.25) is 0 Å². The van der Waals surface area contributed by atoms with Gasteiger partial charge < -0.3 is 14.4 Å². The van der Waals surface area contributed by atoms with Crippen LogP contribution in [0, 0.1) is 16.6 Å². The van der Waals surface area contributed by atoms with Gasteiger partial charge >= 0.3 is 0 Å². The van der Waals surface area contributed by atoms with Crippen LogP contribution in [0.3, 0.4) is 0 Å². The average molecular weight is 586 g/mol. The van der Waals surface area contributed by atoms with Crippen LogP contribution in [-0.4, -0.2) is 29.6 Å². The number of Topliss-reactive ketones (excluding diaryl/α,β-unsaturated/α-hetero) is 2. The second kappa shape index (κ2) is 11.3. The fraction of sp³-hybridized carbons (Fsp3) is 0.514. The first kappa shape index (κ1) is 29.7. The summed E-state index contributed by atoms with van der Waals surface area (Å²) in [6, 6.07) is 12.4. The molecular weight excluding hydrogens is 541 g/mol. The Morgan fingerprint density at radius 1 is 0.814 bits per heavy atom. The summed E-state index contributed by atoms with van der Waals surface area (Å²) in [5, 5.41) is 0. The largest absolute Gasteiger partial charge is 0.493 e. The first-order valence-electron chi connectivity index (χ1n) is 15.8. The third-order valence-electron chi connectivity index (χ3n) is 9.70. The molecule has 1 heterocycles. The highest BCUT2D eigenvalue weighted by atomic mass is 19.1. The van der Waals surface area contributed by atoms with E-state index in [9.17, 15) is 14.0 Å². The quantitative estimate of drug-likeness (QED) is 0.341. The van der Waals surface area contributed by atoms with E-state index in [0.29, 0.717) is 30.4 Å². The van der Waals surface area contributed by atoms with Gasteiger partial charge in [0.1, 0.15) is 12.4 Å². The normalized spacial score (nSPS) is 22.4. The SMILES string of the molecule is COc1cc(C2C3=C(CC(C)(C)CC3=O)N(C3CCCCC3)C3=C2C(=O)CC(C)(C)C3)ccc1OCc1cccc(F)c1. The predicted molar refractivity (Wildman–Crippen MR) is 165 cm³/mol. The molecular formula is C37H44FNO4. The van der Waals surface area contributed by atoms with E-state index in [-0.39, 0.29) is 34.8 Å². The summed E-state index contributed by atoms with van der Waals surface area (Å²) in [5.74, 6) is 0.615. The molecule has 0 spiro atoms. The van der Waals surface area contributed by atoms with Crippen molar-refractivity contribution < 1.29 is 23.5 Å². The number of ether oxygens (including phenoxy) is 2. The van der Waals surface area contributed by atoms with Crippen molar-refractivity contribution >= 4 is 11.6 Å². The lowest BCUT2D eigenvalue weighted by atomic mass is 9.63. The zero-order chi connectivity index (χ0) is 30.5. The Hall–Kier alpha value is -3.41. The molecule has 0 bridgehead atoms. The molecule has 5 nitrogen and oxygen atoms in total. The molecule has 228 valence electrons. The Morgan fingerprint density at radius 2 is 1.44 bits per heavy atom. The second-order valence-corrected chi connectivity index (χ2v) is 14.5. The van der Waals surface area contributed by atoms with Crippen LogP contribution in [0.5, 0.6) is 11.5 Å². The Bertz CT molecular complexity index is 1460. The van der Waals surface area contributed by atoms with Gasteiger partial charge in [-0.05, 0) is 71.9 Å². The molecule has 2 aromatic carbocycles. The number of carbonyl (C=O) groups is 2. The summed E-state index contributed by atoms with van der Waals surface area (Å²) >= 11 is 0. The molecule has 0 atom stereocenters. The van der Waals surface area contributed by atoms with Gasteiger partial charge in [-0.25, -0.2) is 4.39 Å². The molecule has 6 rings (SSSR count). The molecule has 1 saturated carbocycles. The van der Waals surface area contributed by atoms with Crippen molar-refractivity contribution in [2.24, 2.45) is 10.8 Å². The van der Waals surface area contributed by atoms with E-state index < -0.39 is 5.92 Å². The molecule has 0 saturated heterocycles. The monoisotopic (exact) mass is 585 g/mol. The van der Waals surface area contributed by atoms with Crippen molar-refractivity contribution in [3.05, 3.63) is 81.9 Å². The van der Waals surface area contributed by atoms with Crippen LogP contribution in [0.1, 0.15) is 103 Å². The first-order valence-corrected chi connectivity index (χ1v) is 15.8. The molecule has 0 aromatic heterocycles. The third-order valence-corrected chi connectivity index (χ3v) is 9.70. The van der Waals surface area contributed by atoms with Gasteiger partial charge in [-0.2, -0.15) is 0 Å². The Balaban J connectivity index is 1.47. The number of methoxy groups -OCH3 is 1. The molecule has 0 unspecified atom stereocenters. The second-order valence-electron chi connectivity index (χ2n) is 14.5. The van der Waals surface area contributed by atoms with Crippen LogP contribution in [-0.2, 0) is 16.2 Å². The highest BCUT2D eigenvalue weighted by molar-refractivity contribution is 6.06. The lowest BCUT2D eigenvalue weighted by molar-refractivity contribution is -0.119. The summed E-state index contributed by atoms with van der Waals surface area (Å²) in [4.78, 5) is 30.8. The molecule has 43 heavy (non-hydrogen) atoms. The maximum atomic E-state index is 14.2. The summed E-state index contributed by atoms with van der Waals surface area (Å²) < 4.78 is 25.6. The lowest BCUT2D eigenvalue weighted by Gasteiger charge is -2.52. The van der Waals surface area contributed by atoms with E-state index >= 15 is 0 Å². The Labute approximate surface area is 255 Å². The van der Waals surface area contributed by atoms with E-state index in [0.717, 1.165) is 59.4 Å². The van der Waals surface area contributed by atoms with E-state index in [1.165, 1.54) is 31.4 Å². The zero-order valence-electron chi connectivity index (χ0n) is 26.2. The van der Waals surface area contributed by atoms with Crippen molar-refractivity contribution in [3.8, 4) is 11.5 Å². The van der Waals surface area contributed by atoms with Crippen LogP contribution in [0.15, 0.2) is 65.0 Å². The average Bonchev–Trinajstić information content (AvgIpc) is 2.94. The number of benzene rings is 2. The fourth-order valence-electron chi connectivity index (χ4n) is 7.88. The smallest absolute Gasteiger partial charge is 0.162 e. The fourth-order valence-corrected chi connectivity index (χ4v) is 7.88. The summed E-state index contributed by atoms with van der Waals surface area (Å²) in [6.45, 7) is 8.96. The molecule has 0 radical (unpaired) electrons. The minimum Gasteiger partial charge on any atom is -0.493 e. The number of carbonyl (C=O) groups excluding carboxylic acids is 2. The van der Waals surface area contributed by atoms with Crippen molar-refractivity contribution in [1.82, 2.24) is 4.90 Å². The maximum Gasteiger partial charge on any atom is 0.162 e. The van der Waals surface area contributed by atoms with Crippen LogP contribution < -0.4 is 9.47 Å². The summed E-state index contributed by atoms with van der Waals surface area (Å²) in [6.07, 6.45) is 8.35. The highest BCUT2D eigenvalue weighted by Crippen LogP contribution is 2.56. The number of ketones is 2. The number of allylic oxidation sites excluding steroid dienone is 4. The maximum absolute atomic E-state index is 14.2.